The summed E-state index contributed by atoms with van der Waals surface area (Å²) in [5, 5.41) is 1.62. The van der Waals surface area contributed by atoms with E-state index in [1.165, 1.54) is 0 Å². The van der Waals surface area contributed by atoms with Gasteiger partial charge in [-0.05, 0) is 18.2 Å². The molecule has 23 heavy (non-hydrogen) atoms. The summed E-state index contributed by atoms with van der Waals surface area (Å²) in [5.41, 5.74) is 0.461. The van der Waals surface area contributed by atoms with E-state index < -0.39 is 8.07 Å². The lowest BCUT2D eigenvalue weighted by Gasteiger charge is -2.39. The summed E-state index contributed by atoms with van der Waals surface area (Å²) in [4.78, 5) is 15.1. The summed E-state index contributed by atoms with van der Waals surface area (Å²) in [7, 11) is -0.0436. The molecule has 0 saturated carbocycles. The quantitative estimate of drug-likeness (QED) is 0.580. The van der Waals surface area contributed by atoms with Crippen molar-refractivity contribution in [2.45, 2.75) is 53.6 Å². The van der Waals surface area contributed by atoms with E-state index in [4.69, 9.17) is 16.3 Å². The van der Waals surface area contributed by atoms with Crippen molar-refractivity contribution >= 4 is 30.8 Å². The molecule has 0 aliphatic heterocycles. The molecule has 0 bridgehead atoms. The second-order valence-electron chi connectivity index (χ2n) is 7.96. The van der Waals surface area contributed by atoms with Crippen LogP contribution in [0.25, 0.3) is 0 Å². The van der Waals surface area contributed by atoms with Gasteiger partial charge in [-0.25, -0.2) is 0 Å². The van der Waals surface area contributed by atoms with Gasteiger partial charge in [0.15, 0.2) is 0 Å². The van der Waals surface area contributed by atoms with Gasteiger partial charge in [-0.3, -0.25) is 4.79 Å². The molecular weight excluding hydrogens is 326 g/mol. The molecule has 1 amide bonds. The first-order valence-corrected chi connectivity index (χ1v) is 12.0. The maximum absolute atomic E-state index is 13.3. The zero-order valence-corrected chi connectivity index (χ0v) is 17.4. The molecule has 130 valence electrons. The molecule has 0 fully saturated rings. The number of halogens is 1. The van der Waals surface area contributed by atoms with Crippen LogP contribution in [0.5, 0.6) is 0 Å². The third-order valence-corrected chi connectivity index (χ3v) is 6.23. The molecule has 0 aliphatic carbocycles. The Morgan fingerprint density at radius 3 is 2.26 bits per heavy atom. The van der Waals surface area contributed by atoms with Crippen molar-refractivity contribution in [3.63, 3.8) is 0 Å². The number of methoxy groups -OCH3 is 1. The lowest BCUT2D eigenvalue weighted by Crippen LogP contribution is -2.51. The third kappa shape index (κ3) is 4.58. The Kier molecular flexibility index (Phi) is 6.47. The van der Waals surface area contributed by atoms with Gasteiger partial charge in [-0.1, -0.05) is 64.1 Å². The Bertz CT molecular complexity index is 561. The van der Waals surface area contributed by atoms with Crippen LogP contribution >= 0.6 is 11.6 Å². The fraction of sp³-hybridized carbons (Fsp3) is 0.611. The van der Waals surface area contributed by atoms with E-state index in [1.807, 2.05) is 19.1 Å². The van der Waals surface area contributed by atoms with E-state index in [2.05, 4.69) is 40.4 Å². The SMILES string of the molecule is CCN(C(=O)c1c(Cl)cccc1[Si](C)(C)C)C(OC)C(C)(C)C. The fourth-order valence-corrected chi connectivity index (χ4v) is 4.80. The predicted octanol–water partition coefficient (Wildman–Crippen LogP) is 4.37. The number of hydrogen-bond acceptors (Lipinski definition) is 2. The molecule has 0 radical (unpaired) electrons. The van der Waals surface area contributed by atoms with Crippen molar-refractivity contribution in [2.24, 2.45) is 5.41 Å². The van der Waals surface area contributed by atoms with Crippen molar-refractivity contribution in [3.8, 4) is 0 Å². The number of hydrogen-bond donors (Lipinski definition) is 0. The van der Waals surface area contributed by atoms with Gasteiger partial charge in [0.05, 0.1) is 18.7 Å². The van der Waals surface area contributed by atoms with Crippen LogP contribution in [0.3, 0.4) is 0 Å². The highest BCUT2D eigenvalue weighted by Gasteiger charge is 2.35. The summed E-state index contributed by atoms with van der Waals surface area (Å²) in [5.74, 6) is -0.0442. The van der Waals surface area contributed by atoms with Crippen LogP contribution in [0.15, 0.2) is 18.2 Å². The molecule has 0 aliphatic rings. The Hall–Kier alpha value is -0.843. The molecule has 1 atom stereocenters. The van der Waals surface area contributed by atoms with E-state index in [9.17, 15) is 4.79 Å². The minimum atomic E-state index is -1.69. The van der Waals surface area contributed by atoms with Crippen molar-refractivity contribution in [2.75, 3.05) is 13.7 Å². The first kappa shape index (κ1) is 20.2. The molecule has 1 unspecified atom stereocenters. The average Bonchev–Trinajstić information content (AvgIpc) is 2.41. The number of benzene rings is 1. The minimum absolute atomic E-state index is 0.0442. The second-order valence-corrected chi connectivity index (χ2v) is 13.4. The van der Waals surface area contributed by atoms with Crippen LogP contribution in [0.4, 0.5) is 0 Å². The van der Waals surface area contributed by atoms with Crippen LogP contribution in [0, 0.1) is 5.41 Å². The molecular formula is C18H30ClNO2Si. The second kappa shape index (κ2) is 7.37. The Morgan fingerprint density at radius 2 is 1.87 bits per heavy atom. The highest BCUT2D eigenvalue weighted by atomic mass is 35.5. The summed E-state index contributed by atoms with van der Waals surface area (Å²) < 4.78 is 5.65. The zero-order chi connectivity index (χ0) is 18.0. The van der Waals surface area contributed by atoms with Crippen LogP contribution < -0.4 is 5.19 Å². The van der Waals surface area contributed by atoms with Crippen molar-refractivity contribution in [1.82, 2.24) is 4.90 Å². The molecule has 1 aromatic carbocycles. The summed E-state index contributed by atoms with van der Waals surface area (Å²) >= 11 is 6.43. The number of nitrogens with zero attached hydrogens (tertiary/aromatic N) is 1. The third-order valence-electron chi connectivity index (χ3n) is 3.88. The molecule has 1 aromatic rings. The van der Waals surface area contributed by atoms with Crippen molar-refractivity contribution in [1.29, 1.82) is 0 Å². The number of ether oxygens (including phenoxy) is 1. The zero-order valence-electron chi connectivity index (χ0n) is 15.7. The average molecular weight is 356 g/mol. The normalized spacial score (nSPS) is 13.8. The highest BCUT2D eigenvalue weighted by molar-refractivity contribution is 6.89. The lowest BCUT2D eigenvalue weighted by atomic mass is 9.92. The molecule has 0 N–H and O–H groups in total. The van der Waals surface area contributed by atoms with Gasteiger partial charge in [-0.2, -0.15) is 0 Å². The van der Waals surface area contributed by atoms with Crippen molar-refractivity contribution in [3.05, 3.63) is 28.8 Å². The molecule has 0 saturated heterocycles. The molecule has 5 heteroatoms. The Morgan fingerprint density at radius 1 is 1.30 bits per heavy atom. The van der Waals surface area contributed by atoms with Gasteiger partial charge in [0.2, 0.25) is 0 Å². The van der Waals surface area contributed by atoms with Gasteiger partial charge in [-0.15, -0.1) is 0 Å². The minimum Gasteiger partial charge on any atom is -0.361 e. The van der Waals surface area contributed by atoms with Crippen LogP contribution in [0.1, 0.15) is 38.1 Å². The summed E-state index contributed by atoms with van der Waals surface area (Å²) in [6.45, 7) is 15.4. The molecule has 1 rings (SSSR count). The smallest absolute Gasteiger partial charge is 0.257 e. The first-order chi connectivity index (χ1) is 10.4. The number of carbonyl (C=O) groups excluding carboxylic acids is 1. The van der Waals surface area contributed by atoms with E-state index >= 15 is 0 Å². The van der Waals surface area contributed by atoms with Gasteiger partial charge < -0.3 is 9.64 Å². The maximum Gasteiger partial charge on any atom is 0.257 e. The summed E-state index contributed by atoms with van der Waals surface area (Å²) in [6.07, 6.45) is -0.300. The topological polar surface area (TPSA) is 29.5 Å². The Labute approximate surface area is 147 Å². The predicted molar refractivity (Wildman–Crippen MR) is 101 cm³/mol. The van der Waals surface area contributed by atoms with Gasteiger partial charge in [0.25, 0.3) is 5.91 Å². The summed E-state index contributed by atoms with van der Waals surface area (Å²) in [6, 6.07) is 5.77. The van der Waals surface area contributed by atoms with Crippen molar-refractivity contribution < 1.29 is 9.53 Å². The van der Waals surface area contributed by atoms with Crippen LogP contribution in [-0.4, -0.2) is 38.8 Å². The number of amides is 1. The monoisotopic (exact) mass is 355 g/mol. The maximum atomic E-state index is 13.3. The van der Waals surface area contributed by atoms with Crippen LogP contribution in [-0.2, 0) is 4.74 Å². The molecule has 0 heterocycles. The van der Waals surface area contributed by atoms with Gasteiger partial charge >= 0.3 is 0 Å². The standard InChI is InChI=1S/C18H30ClNO2Si/c1-9-20(17(22-5)18(2,3)4)16(21)15-13(19)11-10-12-14(15)23(6,7)8/h10-12,17H,9H2,1-8H3. The molecule has 0 spiro atoms. The molecule has 0 aromatic heterocycles. The van der Waals surface area contributed by atoms with E-state index in [0.717, 1.165) is 5.19 Å². The van der Waals surface area contributed by atoms with E-state index in [0.29, 0.717) is 17.1 Å². The van der Waals surface area contributed by atoms with Crippen LogP contribution in [0.2, 0.25) is 24.7 Å². The number of rotatable bonds is 5. The van der Waals surface area contributed by atoms with Gasteiger partial charge in [0.1, 0.15) is 6.23 Å². The largest absolute Gasteiger partial charge is 0.361 e. The fourth-order valence-electron chi connectivity index (χ4n) is 2.87. The molecule has 3 nitrogen and oxygen atoms in total. The first-order valence-electron chi connectivity index (χ1n) is 8.07. The van der Waals surface area contributed by atoms with E-state index in [1.54, 1.807) is 18.1 Å². The highest BCUT2D eigenvalue weighted by Crippen LogP contribution is 2.28. The lowest BCUT2D eigenvalue weighted by molar-refractivity contribution is -0.0792. The Balaban J connectivity index is 3.43. The number of carbonyl (C=O) groups is 1. The van der Waals surface area contributed by atoms with Gasteiger partial charge in [0, 0.05) is 19.1 Å². The van der Waals surface area contributed by atoms with E-state index in [-0.39, 0.29) is 17.6 Å².